The van der Waals surface area contributed by atoms with Gasteiger partial charge >= 0.3 is 6.03 Å². The van der Waals surface area contributed by atoms with Crippen molar-refractivity contribution in [3.63, 3.8) is 0 Å². The number of likely N-dealkylation sites (N-methyl/N-ethyl adjacent to an activating group) is 1. The lowest BCUT2D eigenvalue weighted by Crippen LogP contribution is -2.48. The van der Waals surface area contributed by atoms with Crippen LogP contribution in [0.1, 0.15) is 19.4 Å². The SMILES string of the molecule is C[C@@H]1CN([C@H](C)CO)C(=O)Cc2cc(NS(=O)(=O)c3cn(C)cn3)ccc2O[C@@H]1CN(C)C(=O)Nc1ccc(F)cc1. The quantitative estimate of drug-likeness (QED) is 0.359. The fourth-order valence-corrected chi connectivity index (χ4v) is 5.58. The number of aryl methyl sites for hydroxylation is 1. The van der Waals surface area contributed by atoms with E-state index in [0.29, 0.717) is 17.0 Å². The molecule has 3 atom stereocenters. The number of hydrogen-bond acceptors (Lipinski definition) is 7. The van der Waals surface area contributed by atoms with E-state index < -0.39 is 34.0 Å². The third-order valence-electron chi connectivity index (χ3n) is 7.02. The molecule has 3 aromatic rings. The molecule has 2 heterocycles. The van der Waals surface area contributed by atoms with E-state index >= 15 is 0 Å². The number of aliphatic hydroxyl groups excluding tert-OH is 1. The van der Waals surface area contributed by atoms with Gasteiger partial charge in [0.15, 0.2) is 5.03 Å². The highest BCUT2D eigenvalue weighted by atomic mass is 32.2. The minimum Gasteiger partial charge on any atom is -0.488 e. The fraction of sp³-hybridized carbons (Fsp3) is 0.393. The summed E-state index contributed by atoms with van der Waals surface area (Å²) < 4.78 is 49.4. The molecule has 14 heteroatoms. The lowest BCUT2D eigenvalue weighted by Gasteiger charge is -2.34. The number of carbonyl (C=O) groups is 2. The number of urea groups is 1. The zero-order valence-electron chi connectivity index (χ0n) is 23.8. The summed E-state index contributed by atoms with van der Waals surface area (Å²) in [5.74, 6) is -0.582. The Morgan fingerprint density at radius 1 is 1.24 bits per heavy atom. The third kappa shape index (κ3) is 7.36. The summed E-state index contributed by atoms with van der Waals surface area (Å²) in [7, 11) is -0.730. The second-order valence-corrected chi connectivity index (χ2v) is 12.1. The Balaban J connectivity index is 1.61. The van der Waals surface area contributed by atoms with Gasteiger partial charge in [0.1, 0.15) is 17.7 Å². The molecule has 42 heavy (non-hydrogen) atoms. The van der Waals surface area contributed by atoms with Crippen LogP contribution < -0.4 is 14.8 Å². The van der Waals surface area contributed by atoms with E-state index in [0.717, 1.165) is 0 Å². The molecule has 0 radical (unpaired) electrons. The average molecular weight is 603 g/mol. The lowest BCUT2D eigenvalue weighted by molar-refractivity contribution is -0.134. The van der Waals surface area contributed by atoms with E-state index in [2.05, 4.69) is 15.0 Å². The summed E-state index contributed by atoms with van der Waals surface area (Å²) in [4.78, 5) is 33.2. The number of halogens is 1. The molecule has 12 nitrogen and oxygen atoms in total. The Morgan fingerprint density at radius 2 is 1.93 bits per heavy atom. The minimum absolute atomic E-state index is 0.0981. The fourth-order valence-electron chi connectivity index (χ4n) is 4.55. The molecule has 0 aliphatic carbocycles. The van der Waals surface area contributed by atoms with Gasteiger partial charge in [-0.2, -0.15) is 8.42 Å². The standard InChI is InChI=1S/C28H35FN6O6S/c1-18-13-35(19(2)16-36)27(37)12-20-11-23(32-42(39,40)26-15-33(3)17-30-26)9-10-24(20)41-25(18)14-34(4)28(38)31-22-7-5-21(29)6-8-22/h5-11,15,17-19,25,32,36H,12-14,16H2,1-4H3,(H,31,38)/t18-,19-,25-/m1/s1. The number of aromatic nitrogens is 2. The maximum Gasteiger partial charge on any atom is 0.321 e. The monoisotopic (exact) mass is 602 g/mol. The number of carbonyl (C=O) groups excluding carboxylic acids is 2. The second kappa shape index (κ2) is 12.8. The van der Waals surface area contributed by atoms with Crippen molar-refractivity contribution in [3.8, 4) is 5.75 Å². The predicted octanol–water partition coefficient (Wildman–Crippen LogP) is 2.67. The van der Waals surface area contributed by atoms with Crippen LogP contribution in [0, 0.1) is 11.7 Å². The van der Waals surface area contributed by atoms with Crippen molar-refractivity contribution < 1.29 is 32.2 Å². The molecule has 1 aromatic heterocycles. The number of ether oxygens (including phenoxy) is 1. The first-order valence-corrected chi connectivity index (χ1v) is 14.8. The number of benzene rings is 2. The number of imidazole rings is 1. The van der Waals surface area contributed by atoms with Gasteiger partial charge in [0, 0.05) is 49.7 Å². The van der Waals surface area contributed by atoms with E-state index in [1.807, 2.05) is 6.92 Å². The number of rotatable bonds is 8. The van der Waals surface area contributed by atoms with Crippen LogP contribution in [-0.4, -0.2) is 83.7 Å². The van der Waals surface area contributed by atoms with Gasteiger partial charge in [0.2, 0.25) is 5.91 Å². The molecule has 0 fully saturated rings. The highest BCUT2D eigenvalue weighted by Crippen LogP contribution is 2.30. The molecule has 0 saturated carbocycles. The van der Waals surface area contributed by atoms with Crippen LogP contribution in [0.5, 0.6) is 5.75 Å². The van der Waals surface area contributed by atoms with Crippen molar-refractivity contribution in [3.05, 3.63) is 66.4 Å². The minimum atomic E-state index is -3.98. The lowest BCUT2D eigenvalue weighted by atomic mass is 10.0. The Kier molecular flexibility index (Phi) is 9.36. The first-order valence-electron chi connectivity index (χ1n) is 13.3. The molecule has 0 unspecified atom stereocenters. The zero-order chi connectivity index (χ0) is 30.6. The van der Waals surface area contributed by atoms with Gasteiger partial charge < -0.3 is 29.5 Å². The van der Waals surface area contributed by atoms with Crippen LogP contribution in [0.2, 0.25) is 0 Å². The molecule has 0 bridgehead atoms. The number of amides is 3. The van der Waals surface area contributed by atoms with Crippen molar-refractivity contribution >= 4 is 33.3 Å². The van der Waals surface area contributed by atoms with Crippen LogP contribution in [0.3, 0.4) is 0 Å². The molecule has 0 saturated heterocycles. The van der Waals surface area contributed by atoms with Gasteiger partial charge in [-0.25, -0.2) is 14.2 Å². The van der Waals surface area contributed by atoms with Crippen molar-refractivity contribution in [1.82, 2.24) is 19.4 Å². The number of aliphatic hydroxyl groups is 1. The number of fused-ring (bicyclic) bond motifs is 1. The number of nitrogens with zero attached hydrogens (tertiary/aromatic N) is 4. The molecular formula is C28H35FN6O6S. The van der Waals surface area contributed by atoms with E-state index in [4.69, 9.17) is 4.74 Å². The van der Waals surface area contributed by atoms with Crippen LogP contribution >= 0.6 is 0 Å². The van der Waals surface area contributed by atoms with Gasteiger partial charge in [-0.15, -0.1) is 0 Å². The highest BCUT2D eigenvalue weighted by Gasteiger charge is 2.32. The predicted molar refractivity (Wildman–Crippen MR) is 154 cm³/mol. The van der Waals surface area contributed by atoms with Crippen molar-refractivity contribution in [1.29, 1.82) is 0 Å². The van der Waals surface area contributed by atoms with Gasteiger partial charge in [0.05, 0.1) is 31.9 Å². The van der Waals surface area contributed by atoms with Crippen LogP contribution in [0.25, 0.3) is 0 Å². The molecule has 1 aliphatic heterocycles. The van der Waals surface area contributed by atoms with Crippen LogP contribution in [0.15, 0.2) is 60.0 Å². The Labute approximate surface area is 244 Å². The first kappa shape index (κ1) is 30.8. The van der Waals surface area contributed by atoms with Gasteiger partial charge in [-0.3, -0.25) is 9.52 Å². The summed E-state index contributed by atoms with van der Waals surface area (Å²) in [6.45, 7) is 3.77. The van der Waals surface area contributed by atoms with Gasteiger partial charge in [0.25, 0.3) is 10.0 Å². The molecule has 226 valence electrons. The van der Waals surface area contributed by atoms with Crippen LogP contribution in [-0.2, 0) is 28.3 Å². The number of nitrogens with one attached hydrogen (secondary N) is 2. The van der Waals surface area contributed by atoms with E-state index in [9.17, 15) is 27.5 Å². The molecule has 0 spiro atoms. The largest absolute Gasteiger partial charge is 0.488 e. The molecular weight excluding hydrogens is 567 g/mol. The Hall–Kier alpha value is -4.17. The topological polar surface area (TPSA) is 146 Å². The molecule has 3 amide bonds. The Bertz CT molecular complexity index is 1530. The normalized spacial score (nSPS) is 18.1. The smallest absolute Gasteiger partial charge is 0.321 e. The summed E-state index contributed by atoms with van der Waals surface area (Å²) in [5.41, 5.74) is 1.09. The van der Waals surface area contributed by atoms with E-state index in [1.54, 1.807) is 32.0 Å². The maximum atomic E-state index is 13.4. The van der Waals surface area contributed by atoms with Gasteiger partial charge in [-0.05, 0) is 49.4 Å². The summed E-state index contributed by atoms with van der Waals surface area (Å²) in [5, 5.41) is 12.4. The molecule has 3 N–H and O–H groups in total. The molecule has 2 aromatic carbocycles. The Morgan fingerprint density at radius 3 is 2.57 bits per heavy atom. The first-order chi connectivity index (χ1) is 19.9. The van der Waals surface area contributed by atoms with E-state index in [-0.39, 0.29) is 48.7 Å². The van der Waals surface area contributed by atoms with Crippen LogP contribution in [0.4, 0.5) is 20.6 Å². The molecule has 1 aliphatic rings. The summed E-state index contributed by atoms with van der Waals surface area (Å²) in [6.07, 6.45) is 2.07. The zero-order valence-corrected chi connectivity index (χ0v) is 24.6. The van der Waals surface area contributed by atoms with Gasteiger partial charge in [-0.1, -0.05) is 6.92 Å². The highest BCUT2D eigenvalue weighted by molar-refractivity contribution is 7.92. The average Bonchev–Trinajstić information content (AvgIpc) is 3.41. The van der Waals surface area contributed by atoms with Crippen molar-refractivity contribution in [2.24, 2.45) is 13.0 Å². The number of sulfonamides is 1. The third-order valence-corrected chi connectivity index (χ3v) is 8.29. The number of anilines is 2. The summed E-state index contributed by atoms with van der Waals surface area (Å²) in [6, 6.07) is 9.13. The summed E-state index contributed by atoms with van der Waals surface area (Å²) >= 11 is 0. The second-order valence-electron chi connectivity index (χ2n) is 10.5. The number of hydrogen-bond donors (Lipinski definition) is 3. The van der Waals surface area contributed by atoms with Crippen molar-refractivity contribution in [2.45, 2.75) is 37.4 Å². The van der Waals surface area contributed by atoms with E-state index in [1.165, 1.54) is 58.4 Å². The van der Waals surface area contributed by atoms with Crippen molar-refractivity contribution in [2.75, 3.05) is 36.8 Å². The maximum absolute atomic E-state index is 13.4. The molecule has 4 rings (SSSR count).